The first-order valence-corrected chi connectivity index (χ1v) is 36.7. The molecule has 0 radical (unpaired) electrons. The van der Waals surface area contributed by atoms with Gasteiger partial charge >= 0.3 is 5.76 Å². The molecule has 95 heavy (non-hydrogen) atoms. The molecule has 10 heterocycles. The number of rotatable bonds is 1. The van der Waals surface area contributed by atoms with Gasteiger partial charge < -0.3 is 38.8 Å². The molecule has 21 nitrogen and oxygen atoms in total. The van der Waals surface area contributed by atoms with Crippen LogP contribution in [0.1, 0.15) is 225 Å². The summed E-state index contributed by atoms with van der Waals surface area (Å²) < 4.78 is 46.2. The van der Waals surface area contributed by atoms with E-state index in [1.165, 1.54) is 75.3 Å². The Hall–Kier alpha value is -7.70. The minimum atomic E-state index is -2.91. The number of oxazole rings is 2. The van der Waals surface area contributed by atoms with Gasteiger partial charge in [0.1, 0.15) is 25.1 Å². The van der Waals surface area contributed by atoms with E-state index >= 15 is 0 Å². The number of H-pyrrole nitrogens is 3. The molecular weight excluding hydrogens is 1260 g/mol. The zero-order valence-electron chi connectivity index (χ0n) is 63.8. The predicted molar refractivity (Wildman–Crippen MR) is 419 cm³/mol. The number of hydrogen-bond donors (Lipinski definition) is 6. The van der Waals surface area contributed by atoms with E-state index in [4.69, 9.17) is 10.1 Å². The lowest BCUT2D eigenvalue weighted by Crippen LogP contribution is -2.12. The maximum atomic E-state index is 10.3. The number of nitrogens with one attached hydrogen (secondary N) is 5. The van der Waals surface area contributed by atoms with Crippen molar-refractivity contribution in [3.8, 4) is 0 Å². The van der Waals surface area contributed by atoms with Crippen LogP contribution in [-0.2, 0) is 28.8 Å². The van der Waals surface area contributed by atoms with E-state index in [0.29, 0.717) is 6.79 Å². The molecule has 1 amide bonds. The fraction of sp³-hybridized carbons (Fsp3) is 0.521. The summed E-state index contributed by atoms with van der Waals surface area (Å²) in [5, 5.41) is 26.5. The number of azo groups is 1. The predicted octanol–water partition coefficient (Wildman–Crippen LogP) is 22.4. The van der Waals surface area contributed by atoms with E-state index in [0.717, 1.165) is 62.4 Å². The van der Waals surface area contributed by atoms with E-state index in [9.17, 15) is 18.0 Å². The van der Waals surface area contributed by atoms with Gasteiger partial charge in [-0.15, -0.1) is 11.3 Å². The fourth-order valence-corrected chi connectivity index (χ4v) is 4.85. The summed E-state index contributed by atoms with van der Waals surface area (Å²) in [5.41, 5.74) is 1.79. The number of aromatic amines is 3. The summed E-state index contributed by atoms with van der Waals surface area (Å²) in [6.07, 6.45) is 54.1. The minimum absolute atomic E-state index is 0.204. The summed E-state index contributed by atoms with van der Waals surface area (Å²) in [7, 11) is -2.91. The SMILES string of the molecule is C1=CCC=C1.C1=CCCC1.C1=CN=NC1.C1=COCC1.C1=COCO1.CC.CC.CC.CC.CC.CC.CC.CC.CC.CC.CC.CC.CC.N=CC=NS.O=C1CCCN1.O=S1(=O)C=CC=C1.O=c1[nH]cco1.c1c[nH]cn1.c1cn[nH]c1.c1cocn1.c1cscn1. The molecule has 5 N–H and O–H groups in total. The van der Waals surface area contributed by atoms with E-state index in [2.05, 4.69) is 123 Å². The number of nitrogens with zero attached hydrogens (tertiary/aromatic N) is 7. The van der Waals surface area contributed by atoms with Crippen LogP contribution in [0.4, 0.5) is 0 Å². The Labute approximate surface area is 590 Å². The van der Waals surface area contributed by atoms with Gasteiger partial charge in [-0.25, -0.2) is 27.6 Å². The van der Waals surface area contributed by atoms with Gasteiger partial charge in [0, 0.05) is 85.2 Å². The highest BCUT2D eigenvalue weighted by Gasteiger charge is 2.05. The third kappa shape index (κ3) is 158. The second kappa shape index (κ2) is 152. The summed E-state index contributed by atoms with van der Waals surface area (Å²) in [6, 6.07) is 1.83. The highest BCUT2D eigenvalue weighted by atomic mass is 32.2. The van der Waals surface area contributed by atoms with Gasteiger partial charge in [0.15, 0.2) is 16.2 Å². The van der Waals surface area contributed by atoms with Crippen molar-refractivity contribution >= 4 is 52.3 Å². The van der Waals surface area contributed by atoms with E-state index in [1.54, 1.807) is 72.8 Å². The molecule has 1 saturated heterocycles. The van der Waals surface area contributed by atoms with E-state index in [1.807, 2.05) is 204 Å². The van der Waals surface area contributed by atoms with Crippen molar-refractivity contribution in [1.82, 2.24) is 40.4 Å². The number of carbonyl (C=O) groups is 1. The highest BCUT2D eigenvalue weighted by Crippen LogP contribution is 2.05. The maximum absolute atomic E-state index is 10.3. The second-order valence-electron chi connectivity index (χ2n) is 11.9. The number of hydrogen-bond acceptors (Lipinski definition) is 19. The first-order chi connectivity index (χ1) is 46.9. The lowest BCUT2D eigenvalue weighted by atomic mass is 10.4. The number of allylic oxidation sites excluding steroid dienone is 8. The first kappa shape index (κ1) is 121. The molecule has 554 valence electrons. The van der Waals surface area contributed by atoms with Crippen LogP contribution < -0.4 is 11.1 Å². The second-order valence-corrected chi connectivity index (χ2v) is 14.6. The normalized spacial score (nSPS) is 11.5. The first-order valence-electron chi connectivity index (χ1n) is 33.7. The highest BCUT2D eigenvalue weighted by molar-refractivity contribution is 7.97. The van der Waals surface area contributed by atoms with Crippen LogP contribution in [0, 0.1) is 5.41 Å². The van der Waals surface area contributed by atoms with Gasteiger partial charge in [-0.05, 0) is 75.3 Å². The van der Waals surface area contributed by atoms with Crippen LogP contribution >= 0.6 is 24.2 Å². The van der Waals surface area contributed by atoms with Gasteiger partial charge in [0.2, 0.25) is 12.7 Å². The van der Waals surface area contributed by atoms with Crippen LogP contribution in [0.25, 0.3) is 0 Å². The topological polar surface area (TPSA) is 294 Å². The Morgan fingerprint density at radius 2 is 1.19 bits per heavy atom. The maximum Gasteiger partial charge on any atom is 0.416 e. The molecule has 5 aromatic rings. The van der Waals surface area contributed by atoms with Crippen molar-refractivity contribution in [3.63, 3.8) is 0 Å². The number of sulfone groups is 1. The molecule has 2 aliphatic carbocycles. The standard InChI is InChI=1S/C5H8.C5H6.C4H7NO.C4H4O2S.C4H6O.3C3H4N2.C3H3NO2.C3H3NO.C3H3NS.C3H4O2.C2H4N2S.13C2H6/c2*1-2-4-5-3-1;6-4-2-1-3-5-4;5-7(6)3-1-2-4-7;1-2-4-5-3-1;1-2-5-3-4-1;2*1-2-4-5-3-1;5-3-4-1-2-6-3;3*1-2-5-3-4-1;3-1-2-4-5;13*1-2/h1-2H,3-5H2;1-4H,5H2;1-3H2,(H,5,6);1-4H;1,3H,2,4H2;1-3H,(H,4,5);1-2H,3H2;1-3H,(H,4,5);1-2H,(H,4,5);2*1-3H;1-2H,3H2;1-3,5H;13*1-2H3. The van der Waals surface area contributed by atoms with Gasteiger partial charge in [-0.3, -0.25) is 19.9 Å². The molecule has 0 bridgehead atoms. The van der Waals surface area contributed by atoms with Gasteiger partial charge in [-0.2, -0.15) is 15.3 Å². The fourth-order valence-electron chi connectivity index (χ4n) is 3.72. The zero-order chi connectivity index (χ0) is 76.1. The van der Waals surface area contributed by atoms with Crippen LogP contribution in [0.5, 0.6) is 0 Å². The molecule has 12 rings (SSSR count). The molecule has 5 aromatic heterocycles. The molecule has 0 atom stereocenters. The Bertz CT molecular complexity index is 1980. The van der Waals surface area contributed by atoms with Crippen LogP contribution in [0.3, 0.4) is 0 Å². The molecule has 0 saturated carbocycles. The van der Waals surface area contributed by atoms with Crippen molar-refractivity contribution in [2.75, 3.05) is 26.5 Å². The third-order valence-electron chi connectivity index (χ3n) is 6.63. The monoisotopic (exact) mass is 1400 g/mol. The molecule has 0 spiro atoms. The summed E-state index contributed by atoms with van der Waals surface area (Å²) >= 11 is 5.02. The molecule has 0 aromatic carbocycles. The summed E-state index contributed by atoms with van der Waals surface area (Å²) in [6.45, 7) is 54.9. The van der Waals surface area contributed by atoms with Gasteiger partial charge in [0.05, 0.1) is 43.7 Å². The smallest absolute Gasteiger partial charge is 0.416 e. The van der Waals surface area contributed by atoms with Crippen LogP contribution in [0.15, 0.2) is 210 Å². The van der Waals surface area contributed by atoms with E-state index < -0.39 is 15.6 Å². The largest absolute Gasteiger partial charge is 0.501 e. The quantitative estimate of drug-likeness (QED) is 0.0518. The van der Waals surface area contributed by atoms with Gasteiger partial charge in [0.25, 0.3) is 0 Å². The van der Waals surface area contributed by atoms with Crippen molar-refractivity contribution in [2.45, 2.75) is 225 Å². The van der Waals surface area contributed by atoms with Crippen LogP contribution in [-0.4, -0.2) is 88.4 Å². The van der Waals surface area contributed by atoms with Crippen molar-refractivity contribution in [3.05, 3.63) is 193 Å². The number of thiol groups is 1. The number of amides is 1. The minimum Gasteiger partial charge on any atom is -0.501 e. The average Bonchev–Trinajstić information content (AvgIpc) is 2.86. The number of imidazole rings is 1. The number of ether oxygens (including phenoxy) is 3. The molecule has 24 heteroatoms. The lowest BCUT2D eigenvalue weighted by Gasteiger charge is -1.82. The molecule has 1 fully saturated rings. The molecule has 0 unspecified atom stereocenters. The third-order valence-corrected chi connectivity index (χ3v) is 8.35. The Morgan fingerprint density at radius 1 is 0.611 bits per heavy atom. The number of aromatic nitrogens is 7. The summed E-state index contributed by atoms with van der Waals surface area (Å²) in [5.74, 6) is -0.204. The van der Waals surface area contributed by atoms with Gasteiger partial charge in [-0.1, -0.05) is 216 Å². The molecular formula is C71H138N12O9S3. The zero-order valence-corrected chi connectivity index (χ0v) is 66.3. The molecule has 7 aliphatic rings. The van der Waals surface area contributed by atoms with Crippen LogP contribution in [0.2, 0.25) is 0 Å². The average molecular weight is 1400 g/mol. The molecule has 5 aliphatic heterocycles. The number of carbonyl (C=O) groups excluding carboxylic acids is 1. The Balaban J connectivity index is -0.0000000607. The van der Waals surface area contributed by atoms with E-state index in [-0.39, 0.29) is 5.91 Å². The van der Waals surface area contributed by atoms with Crippen molar-refractivity contribution in [1.29, 1.82) is 5.41 Å². The Morgan fingerprint density at radius 3 is 1.32 bits per heavy atom. The van der Waals surface area contributed by atoms with Crippen molar-refractivity contribution in [2.24, 2.45) is 14.6 Å². The number of thiazole rings is 1. The van der Waals surface area contributed by atoms with Crippen molar-refractivity contribution < 1.29 is 36.3 Å². The summed E-state index contributed by atoms with van der Waals surface area (Å²) in [4.78, 5) is 36.0. The lowest BCUT2D eigenvalue weighted by molar-refractivity contribution is -0.119. The Kier molecular flexibility index (Phi) is 193.